The van der Waals surface area contributed by atoms with Crippen LogP contribution in [-0.2, 0) is 13.0 Å². The van der Waals surface area contributed by atoms with E-state index in [-0.39, 0.29) is 0 Å². The highest BCUT2D eigenvalue weighted by atomic mass is 15.2. The third kappa shape index (κ3) is 4.88. The van der Waals surface area contributed by atoms with Gasteiger partial charge in [0, 0.05) is 32.0 Å². The molecular weight excluding hydrogens is 272 g/mol. The molecule has 2 rings (SSSR count). The quantitative estimate of drug-likeness (QED) is 0.658. The molecular formula is C18H24N4. The van der Waals surface area contributed by atoms with Gasteiger partial charge in [0.15, 0.2) is 5.96 Å². The zero-order valence-corrected chi connectivity index (χ0v) is 13.6. The molecule has 1 aromatic carbocycles. The number of hydrogen-bond donors (Lipinski definition) is 2. The summed E-state index contributed by atoms with van der Waals surface area (Å²) in [7, 11) is 1.79. The maximum atomic E-state index is 4.31. The van der Waals surface area contributed by atoms with Gasteiger partial charge >= 0.3 is 0 Å². The molecule has 0 radical (unpaired) electrons. The van der Waals surface area contributed by atoms with Gasteiger partial charge in [-0.25, -0.2) is 0 Å². The van der Waals surface area contributed by atoms with Crippen LogP contribution in [0.4, 0.5) is 0 Å². The molecule has 4 nitrogen and oxygen atoms in total. The molecule has 0 fully saturated rings. The molecule has 4 heteroatoms. The van der Waals surface area contributed by atoms with Gasteiger partial charge in [0.25, 0.3) is 0 Å². The first-order valence-electron chi connectivity index (χ1n) is 7.59. The van der Waals surface area contributed by atoms with Gasteiger partial charge in [-0.05, 0) is 43.0 Å². The van der Waals surface area contributed by atoms with E-state index < -0.39 is 0 Å². The highest BCUT2D eigenvalue weighted by Gasteiger charge is 2.00. The fourth-order valence-electron chi connectivity index (χ4n) is 2.18. The van der Waals surface area contributed by atoms with Crippen LogP contribution in [0.3, 0.4) is 0 Å². The van der Waals surface area contributed by atoms with Crippen LogP contribution in [0, 0.1) is 13.8 Å². The van der Waals surface area contributed by atoms with Crippen molar-refractivity contribution < 1.29 is 0 Å². The van der Waals surface area contributed by atoms with Crippen molar-refractivity contribution in [1.29, 1.82) is 0 Å². The highest BCUT2D eigenvalue weighted by molar-refractivity contribution is 5.79. The van der Waals surface area contributed by atoms with Gasteiger partial charge in [0.2, 0.25) is 0 Å². The number of aromatic nitrogens is 1. The standard InChI is InChI=1S/C18H24N4/c1-14-6-4-5-7-17(14)13-22-18(19-3)20-11-10-16-9-8-15(2)21-12-16/h4-9,12H,10-11,13H2,1-3H3,(H2,19,20,22). The lowest BCUT2D eigenvalue weighted by Gasteiger charge is -2.13. The number of pyridine rings is 1. The first-order valence-corrected chi connectivity index (χ1v) is 7.59. The zero-order valence-electron chi connectivity index (χ0n) is 13.6. The summed E-state index contributed by atoms with van der Waals surface area (Å²) in [5.41, 5.74) is 4.85. The van der Waals surface area contributed by atoms with Crippen molar-refractivity contribution >= 4 is 5.96 Å². The summed E-state index contributed by atoms with van der Waals surface area (Å²) < 4.78 is 0. The lowest BCUT2D eigenvalue weighted by molar-refractivity contribution is 0.790. The molecule has 2 aromatic rings. The second kappa shape index (κ2) is 8.17. The second-order valence-electron chi connectivity index (χ2n) is 5.34. The predicted molar refractivity (Wildman–Crippen MR) is 92.1 cm³/mol. The van der Waals surface area contributed by atoms with Crippen LogP contribution in [0.25, 0.3) is 0 Å². The zero-order chi connectivity index (χ0) is 15.8. The van der Waals surface area contributed by atoms with E-state index in [1.54, 1.807) is 7.05 Å². The number of guanidine groups is 1. The number of hydrogen-bond acceptors (Lipinski definition) is 2. The number of nitrogens with zero attached hydrogens (tertiary/aromatic N) is 2. The molecule has 0 atom stereocenters. The Morgan fingerprint density at radius 3 is 2.59 bits per heavy atom. The molecule has 0 saturated carbocycles. The van der Waals surface area contributed by atoms with Gasteiger partial charge in [-0.3, -0.25) is 9.98 Å². The number of rotatable bonds is 5. The van der Waals surface area contributed by atoms with E-state index in [0.29, 0.717) is 0 Å². The van der Waals surface area contributed by atoms with Crippen molar-refractivity contribution in [2.75, 3.05) is 13.6 Å². The third-order valence-corrected chi connectivity index (χ3v) is 3.61. The first-order chi connectivity index (χ1) is 10.7. The van der Waals surface area contributed by atoms with E-state index in [4.69, 9.17) is 0 Å². The molecule has 116 valence electrons. The van der Waals surface area contributed by atoms with E-state index in [2.05, 4.69) is 57.9 Å². The Kier molecular flexibility index (Phi) is 5.95. The van der Waals surface area contributed by atoms with Crippen molar-refractivity contribution in [2.45, 2.75) is 26.8 Å². The number of benzene rings is 1. The molecule has 0 unspecified atom stereocenters. The summed E-state index contributed by atoms with van der Waals surface area (Å²) in [6, 6.07) is 12.5. The maximum Gasteiger partial charge on any atom is 0.191 e. The molecule has 1 aromatic heterocycles. The fraction of sp³-hybridized carbons (Fsp3) is 0.333. The molecule has 0 amide bonds. The largest absolute Gasteiger partial charge is 0.356 e. The van der Waals surface area contributed by atoms with Gasteiger partial charge in [-0.2, -0.15) is 0 Å². The molecule has 0 spiro atoms. The van der Waals surface area contributed by atoms with Crippen LogP contribution < -0.4 is 10.6 Å². The SMILES string of the molecule is CN=C(NCCc1ccc(C)nc1)NCc1ccccc1C. The fourth-order valence-corrected chi connectivity index (χ4v) is 2.18. The molecule has 0 aliphatic heterocycles. The van der Waals surface area contributed by atoms with Gasteiger partial charge in [0.05, 0.1) is 0 Å². The van der Waals surface area contributed by atoms with E-state index in [1.807, 2.05) is 19.2 Å². The van der Waals surface area contributed by atoms with Crippen molar-refractivity contribution in [3.8, 4) is 0 Å². The summed E-state index contributed by atoms with van der Waals surface area (Å²) >= 11 is 0. The normalized spacial score (nSPS) is 11.3. The highest BCUT2D eigenvalue weighted by Crippen LogP contribution is 2.05. The average molecular weight is 296 g/mol. The molecule has 0 aliphatic rings. The molecule has 2 N–H and O–H groups in total. The van der Waals surface area contributed by atoms with Crippen LogP contribution in [0.15, 0.2) is 47.6 Å². The Balaban J connectivity index is 1.78. The van der Waals surface area contributed by atoms with Crippen LogP contribution in [-0.4, -0.2) is 24.5 Å². The Bertz CT molecular complexity index is 617. The summed E-state index contributed by atoms with van der Waals surface area (Å²) in [5.74, 6) is 0.823. The average Bonchev–Trinajstić information content (AvgIpc) is 2.54. The van der Waals surface area contributed by atoms with Crippen molar-refractivity contribution in [2.24, 2.45) is 4.99 Å². The van der Waals surface area contributed by atoms with E-state index in [9.17, 15) is 0 Å². The van der Waals surface area contributed by atoms with Gasteiger partial charge in [-0.1, -0.05) is 30.3 Å². The monoisotopic (exact) mass is 296 g/mol. The van der Waals surface area contributed by atoms with Crippen molar-refractivity contribution in [3.63, 3.8) is 0 Å². The third-order valence-electron chi connectivity index (χ3n) is 3.61. The Hall–Kier alpha value is -2.36. The summed E-state index contributed by atoms with van der Waals surface area (Å²) in [6.45, 7) is 5.73. The van der Waals surface area contributed by atoms with Crippen LogP contribution in [0.1, 0.15) is 22.4 Å². The minimum absolute atomic E-state index is 0.776. The summed E-state index contributed by atoms with van der Waals surface area (Å²) in [5, 5.41) is 6.68. The number of aryl methyl sites for hydroxylation is 2. The minimum Gasteiger partial charge on any atom is -0.356 e. The molecule has 0 saturated heterocycles. The Labute approximate surface area is 132 Å². The lowest BCUT2D eigenvalue weighted by Crippen LogP contribution is -2.38. The molecule has 1 heterocycles. The molecule has 0 bridgehead atoms. The predicted octanol–water partition coefficient (Wildman–Crippen LogP) is 2.61. The van der Waals surface area contributed by atoms with Crippen molar-refractivity contribution in [3.05, 3.63) is 65.0 Å². The minimum atomic E-state index is 0.776. The van der Waals surface area contributed by atoms with Crippen LogP contribution >= 0.6 is 0 Å². The van der Waals surface area contributed by atoms with E-state index >= 15 is 0 Å². The van der Waals surface area contributed by atoms with Gasteiger partial charge in [0.1, 0.15) is 0 Å². The van der Waals surface area contributed by atoms with E-state index in [0.717, 1.165) is 31.2 Å². The van der Waals surface area contributed by atoms with Crippen LogP contribution in [0.2, 0.25) is 0 Å². The Morgan fingerprint density at radius 2 is 1.91 bits per heavy atom. The smallest absolute Gasteiger partial charge is 0.191 e. The van der Waals surface area contributed by atoms with Gasteiger partial charge in [-0.15, -0.1) is 0 Å². The Morgan fingerprint density at radius 1 is 1.09 bits per heavy atom. The summed E-state index contributed by atoms with van der Waals surface area (Å²) in [4.78, 5) is 8.57. The molecule has 22 heavy (non-hydrogen) atoms. The number of nitrogens with one attached hydrogen (secondary N) is 2. The van der Waals surface area contributed by atoms with Crippen molar-refractivity contribution in [1.82, 2.24) is 15.6 Å². The summed E-state index contributed by atoms with van der Waals surface area (Å²) in [6.07, 6.45) is 2.86. The molecule has 0 aliphatic carbocycles. The van der Waals surface area contributed by atoms with Gasteiger partial charge < -0.3 is 10.6 Å². The van der Waals surface area contributed by atoms with E-state index in [1.165, 1.54) is 16.7 Å². The second-order valence-corrected chi connectivity index (χ2v) is 5.34. The topological polar surface area (TPSA) is 49.3 Å². The lowest BCUT2D eigenvalue weighted by atomic mass is 10.1. The number of aliphatic imine (C=N–C) groups is 1. The maximum absolute atomic E-state index is 4.31. The first kappa shape index (κ1) is 16.0. The van der Waals surface area contributed by atoms with Crippen LogP contribution in [0.5, 0.6) is 0 Å².